The number of hydrogen-bond acceptors (Lipinski definition) is 4. The Morgan fingerprint density at radius 2 is 1.70 bits per heavy atom. The highest BCUT2D eigenvalue weighted by atomic mass is 16.1. The van der Waals surface area contributed by atoms with Crippen molar-refractivity contribution >= 4 is 23.0 Å². The van der Waals surface area contributed by atoms with Gasteiger partial charge in [-0.25, -0.2) is 9.50 Å². The van der Waals surface area contributed by atoms with E-state index in [1.807, 2.05) is 48.5 Å². The minimum absolute atomic E-state index is 0.115. The first-order valence-corrected chi connectivity index (χ1v) is 8.44. The van der Waals surface area contributed by atoms with Crippen molar-refractivity contribution in [2.45, 2.75) is 6.92 Å². The highest BCUT2D eigenvalue weighted by molar-refractivity contribution is 6.12. The first kappa shape index (κ1) is 16.7. The molecule has 0 bridgehead atoms. The van der Waals surface area contributed by atoms with Gasteiger partial charge in [-0.15, -0.1) is 0 Å². The third-order valence-electron chi connectivity index (χ3n) is 4.18. The lowest BCUT2D eigenvalue weighted by molar-refractivity contribution is -0.114. The number of aromatic nitrogens is 3. The van der Waals surface area contributed by atoms with Crippen molar-refractivity contribution < 1.29 is 9.59 Å². The topological polar surface area (TPSA) is 76.4 Å². The Hall–Kier alpha value is -3.80. The van der Waals surface area contributed by atoms with Crippen LogP contribution in [0.15, 0.2) is 73.1 Å². The lowest BCUT2D eigenvalue weighted by Gasteiger charge is -2.07. The molecule has 1 N–H and O–H groups in total. The molecule has 1 amide bonds. The maximum atomic E-state index is 12.8. The molecule has 2 heterocycles. The molecule has 0 aliphatic carbocycles. The highest BCUT2D eigenvalue weighted by Crippen LogP contribution is 2.23. The fraction of sp³-hybridized carbons (Fsp3) is 0.0476. The van der Waals surface area contributed by atoms with Crippen LogP contribution in [0.5, 0.6) is 0 Å². The number of hydrogen-bond donors (Lipinski definition) is 1. The van der Waals surface area contributed by atoms with Gasteiger partial charge in [-0.05, 0) is 18.2 Å². The van der Waals surface area contributed by atoms with Crippen LogP contribution in [-0.4, -0.2) is 26.3 Å². The number of rotatable bonds is 4. The predicted octanol–water partition coefficient (Wildman–Crippen LogP) is 3.59. The molecular weight excluding hydrogens is 340 g/mol. The third kappa shape index (κ3) is 3.20. The molecule has 0 aliphatic heterocycles. The van der Waals surface area contributed by atoms with Crippen LogP contribution in [0.4, 0.5) is 5.69 Å². The van der Waals surface area contributed by atoms with E-state index in [0.717, 1.165) is 16.9 Å². The Bertz CT molecular complexity index is 1130. The van der Waals surface area contributed by atoms with E-state index in [0.29, 0.717) is 16.8 Å². The van der Waals surface area contributed by atoms with E-state index >= 15 is 0 Å². The van der Waals surface area contributed by atoms with Crippen molar-refractivity contribution in [3.8, 4) is 11.3 Å². The number of nitrogens with zero attached hydrogens (tertiary/aromatic N) is 3. The van der Waals surface area contributed by atoms with Gasteiger partial charge in [0.25, 0.3) is 0 Å². The van der Waals surface area contributed by atoms with Gasteiger partial charge >= 0.3 is 0 Å². The predicted molar refractivity (Wildman–Crippen MR) is 103 cm³/mol. The molecule has 2 aromatic carbocycles. The maximum Gasteiger partial charge on any atom is 0.221 e. The van der Waals surface area contributed by atoms with Crippen LogP contribution in [0.3, 0.4) is 0 Å². The fourth-order valence-electron chi connectivity index (χ4n) is 2.94. The molecule has 0 atom stereocenters. The van der Waals surface area contributed by atoms with Gasteiger partial charge in [0.15, 0.2) is 11.4 Å². The van der Waals surface area contributed by atoms with Crippen LogP contribution in [0.25, 0.3) is 16.9 Å². The average Bonchev–Trinajstić information content (AvgIpc) is 3.12. The molecular formula is C21H16N4O2. The molecule has 4 aromatic rings. The van der Waals surface area contributed by atoms with E-state index < -0.39 is 0 Å². The van der Waals surface area contributed by atoms with Crippen LogP contribution < -0.4 is 5.32 Å². The smallest absolute Gasteiger partial charge is 0.221 e. The van der Waals surface area contributed by atoms with Crippen molar-refractivity contribution in [2.24, 2.45) is 0 Å². The van der Waals surface area contributed by atoms with Gasteiger partial charge in [0.1, 0.15) is 0 Å². The summed E-state index contributed by atoms with van der Waals surface area (Å²) in [4.78, 5) is 28.3. The summed E-state index contributed by atoms with van der Waals surface area (Å²) in [6.45, 7) is 1.47. The lowest BCUT2D eigenvalue weighted by atomic mass is 10.1. The number of carbonyl (C=O) groups excluding carboxylic acids is 2. The second-order valence-corrected chi connectivity index (χ2v) is 6.08. The van der Waals surface area contributed by atoms with Crippen molar-refractivity contribution in [3.05, 3.63) is 84.2 Å². The fourth-order valence-corrected chi connectivity index (χ4v) is 2.94. The van der Waals surface area contributed by atoms with Gasteiger partial charge < -0.3 is 5.32 Å². The summed E-state index contributed by atoms with van der Waals surface area (Å²) in [7, 11) is 0. The van der Waals surface area contributed by atoms with E-state index in [2.05, 4.69) is 15.4 Å². The van der Waals surface area contributed by atoms with Gasteiger partial charge in [-0.1, -0.05) is 42.5 Å². The van der Waals surface area contributed by atoms with Gasteiger partial charge in [0.05, 0.1) is 17.5 Å². The molecule has 0 aliphatic rings. The van der Waals surface area contributed by atoms with Crippen LogP contribution >= 0.6 is 0 Å². The molecule has 132 valence electrons. The van der Waals surface area contributed by atoms with Gasteiger partial charge in [0.2, 0.25) is 5.91 Å². The van der Waals surface area contributed by atoms with Crippen LogP contribution in [0.2, 0.25) is 0 Å². The summed E-state index contributed by atoms with van der Waals surface area (Å²) in [5.41, 5.74) is 3.99. The molecule has 4 rings (SSSR count). The summed E-state index contributed by atoms with van der Waals surface area (Å²) in [5, 5.41) is 7.12. The second kappa shape index (κ2) is 6.84. The van der Waals surface area contributed by atoms with E-state index in [4.69, 9.17) is 0 Å². The number of anilines is 1. The summed E-state index contributed by atoms with van der Waals surface area (Å²) in [5.74, 6) is -0.235. The molecule has 2 aromatic heterocycles. The zero-order valence-electron chi connectivity index (χ0n) is 14.6. The molecule has 0 unspecified atom stereocenters. The van der Waals surface area contributed by atoms with Crippen molar-refractivity contribution in [1.82, 2.24) is 14.6 Å². The summed E-state index contributed by atoms with van der Waals surface area (Å²) in [6.07, 6.45) is 3.21. The highest BCUT2D eigenvalue weighted by Gasteiger charge is 2.17. The molecule has 0 radical (unpaired) electrons. The second-order valence-electron chi connectivity index (χ2n) is 6.08. The SMILES string of the molecule is CC(=O)Nc1ccc(-c2ccnc3c(C(=O)c4ccccc4)cnn23)cc1. The molecule has 0 fully saturated rings. The van der Waals surface area contributed by atoms with Crippen molar-refractivity contribution in [3.63, 3.8) is 0 Å². The van der Waals surface area contributed by atoms with Gasteiger partial charge in [-0.3, -0.25) is 9.59 Å². The molecule has 0 saturated carbocycles. The Balaban J connectivity index is 1.75. The molecule has 6 heteroatoms. The molecule has 0 spiro atoms. The standard InChI is InChI=1S/C21H16N4O2/c1-14(26)24-17-9-7-15(8-10-17)19-11-12-22-21-18(13-23-25(19)21)20(27)16-5-3-2-4-6-16/h2-13H,1H3,(H,24,26). The van der Waals surface area contributed by atoms with Gasteiger partial charge in [-0.2, -0.15) is 5.10 Å². The van der Waals surface area contributed by atoms with Crippen molar-refractivity contribution in [1.29, 1.82) is 0 Å². The van der Waals surface area contributed by atoms with Crippen LogP contribution in [0, 0.1) is 0 Å². The van der Waals surface area contributed by atoms with Crippen LogP contribution in [-0.2, 0) is 4.79 Å². The Morgan fingerprint density at radius 1 is 0.963 bits per heavy atom. The van der Waals surface area contributed by atoms with E-state index in [1.54, 1.807) is 29.0 Å². The summed E-state index contributed by atoms with van der Waals surface area (Å²) in [6, 6.07) is 18.3. The Kier molecular flexibility index (Phi) is 4.22. The Labute approximate surface area is 155 Å². The quantitative estimate of drug-likeness (QED) is 0.567. The van der Waals surface area contributed by atoms with E-state index in [1.165, 1.54) is 6.92 Å². The van der Waals surface area contributed by atoms with E-state index in [-0.39, 0.29) is 11.7 Å². The number of amides is 1. The van der Waals surface area contributed by atoms with Gasteiger partial charge in [0, 0.05) is 29.9 Å². The number of nitrogens with one attached hydrogen (secondary N) is 1. The first-order valence-electron chi connectivity index (χ1n) is 8.44. The minimum atomic E-state index is -0.120. The normalized spacial score (nSPS) is 10.7. The summed E-state index contributed by atoms with van der Waals surface area (Å²) < 4.78 is 1.66. The molecule has 0 saturated heterocycles. The number of benzene rings is 2. The van der Waals surface area contributed by atoms with Crippen LogP contribution in [0.1, 0.15) is 22.8 Å². The van der Waals surface area contributed by atoms with E-state index in [9.17, 15) is 9.59 Å². The largest absolute Gasteiger partial charge is 0.326 e. The summed E-state index contributed by atoms with van der Waals surface area (Å²) >= 11 is 0. The average molecular weight is 356 g/mol. The first-order chi connectivity index (χ1) is 13.1. The minimum Gasteiger partial charge on any atom is -0.326 e. The molecule has 6 nitrogen and oxygen atoms in total. The van der Waals surface area contributed by atoms with Crippen molar-refractivity contribution in [2.75, 3.05) is 5.32 Å². The molecule has 27 heavy (non-hydrogen) atoms. The monoisotopic (exact) mass is 356 g/mol. The lowest BCUT2D eigenvalue weighted by Crippen LogP contribution is -2.05. The third-order valence-corrected chi connectivity index (χ3v) is 4.18. The zero-order chi connectivity index (χ0) is 18.8. The number of ketones is 1. The Morgan fingerprint density at radius 3 is 2.41 bits per heavy atom. The maximum absolute atomic E-state index is 12.8. The number of fused-ring (bicyclic) bond motifs is 1. The number of carbonyl (C=O) groups is 2. The zero-order valence-corrected chi connectivity index (χ0v) is 14.6.